The molecule has 66 valence electrons. The number of rotatable bonds is 2. The highest BCUT2D eigenvalue weighted by molar-refractivity contribution is 7.25. The van der Waals surface area contributed by atoms with E-state index in [0.29, 0.717) is 0 Å². The molecule has 0 aromatic heterocycles. The Hall–Kier alpha value is -0.180. The third-order valence-electron chi connectivity index (χ3n) is 1.30. The molecule has 1 atom stereocenters. The smallest absolute Gasteiger partial charge is 0.271 e. The van der Waals surface area contributed by atoms with Crippen molar-refractivity contribution in [2.75, 3.05) is 0 Å². The summed E-state index contributed by atoms with van der Waals surface area (Å²) in [4.78, 5) is 0. The van der Waals surface area contributed by atoms with Gasteiger partial charge >= 0.3 is 6.18 Å². The van der Waals surface area contributed by atoms with Crippen molar-refractivity contribution in [2.45, 2.75) is 25.4 Å². The van der Waals surface area contributed by atoms with Crippen LogP contribution in [0.3, 0.4) is 0 Å². The average Bonchev–Trinajstić information content (AvgIpc) is 1.83. The molecule has 0 spiro atoms. The normalized spacial score (nSPS) is 18.8. The lowest BCUT2D eigenvalue weighted by atomic mass is 10.1. The molecule has 0 saturated carbocycles. The summed E-state index contributed by atoms with van der Waals surface area (Å²) in [6, 6.07) is 0. The molecule has 0 heterocycles. The molecule has 0 amide bonds. The molecule has 0 saturated heterocycles. The fourth-order valence-electron chi connectivity index (χ4n) is 0.484. The fourth-order valence-corrected chi connectivity index (χ4v) is 0.799. The topological polar surface area (TPSA) is 17.1 Å². The van der Waals surface area contributed by atoms with Gasteiger partial charge in [-0.05, 0) is 0 Å². The first-order valence-corrected chi connectivity index (χ1v) is 3.67. The second kappa shape index (κ2) is 3.05. The lowest BCUT2D eigenvalue weighted by Gasteiger charge is -2.24. The van der Waals surface area contributed by atoms with E-state index in [0.717, 1.165) is 13.8 Å². The van der Waals surface area contributed by atoms with Gasteiger partial charge in [-0.25, -0.2) is 4.39 Å². The molecule has 0 aromatic carbocycles. The molecule has 1 unspecified atom stereocenters. The van der Waals surface area contributed by atoms with Gasteiger partial charge in [-0.1, -0.05) is 13.8 Å². The summed E-state index contributed by atoms with van der Waals surface area (Å²) in [6.45, 7) is 2.05. The number of alkyl halides is 4. The Morgan fingerprint density at radius 2 is 1.55 bits per heavy atom. The highest BCUT2D eigenvalue weighted by Gasteiger charge is 2.59. The average molecular weight is 190 g/mol. The molecule has 11 heavy (non-hydrogen) atoms. The third kappa shape index (κ3) is 1.89. The summed E-state index contributed by atoms with van der Waals surface area (Å²) in [5.41, 5.74) is 0. The van der Waals surface area contributed by atoms with E-state index in [-0.39, 0.29) is 0 Å². The van der Waals surface area contributed by atoms with Crippen LogP contribution in [0.5, 0.6) is 0 Å². The first-order valence-electron chi connectivity index (χ1n) is 2.86. The van der Waals surface area contributed by atoms with Crippen LogP contribution in [-0.4, -0.2) is 11.6 Å². The zero-order valence-electron chi connectivity index (χ0n) is 5.94. The van der Waals surface area contributed by atoms with Gasteiger partial charge in [0.1, 0.15) is 0 Å². The Morgan fingerprint density at radius 1 is 1.18 bits per heavy atom. The van der Waals surface area contributed by atoms with Gasteiger partial charge in [0.05, 0.1) is 0 Å². The lowest BCUT2D eigenvalue weighted by Crippen LogP contribution is -2.40. The minimum atomic E-state index is -5.07. The van der Waals surface area contributed by atoms with Gasteiger partial charge in [0.15, 0.2) is 0 Å². The molecule has 0 radical (unpaired) electrons. The second-order valence-corrected chi connectivity index (χ2v) is 3.25. The summed E-state index contributed by atoms with van der Waals surface area (Å²) < 4.78 is 57.9. The predicted molar refractivity (Wildman–Crippen MR) is 32.3 cm³/mol. The number of hydrogen-bond acceptors (Lipinski definition) is 1. The van der Waals surface area contributed by atoms with Crippen molar-refractivity contribution < 1.29 is 22.1 Å². The molecule has 6 heteroatoms. The Labute approximate surface area is 63.0 Å². The molecule has 0 aliphatic heterocycles. The Kier molecular flexibility index (Phi) is 3.00. The van der Waals surface area contributed by atoms with E-state index in [4.69, 9.17) is 0 Å². The molecule has 0 N–H and O–H groups in total. The zero-order valence-corrected chi connectivity index (χ0v) is 6.84. The van der Waals surface area contributed by atoms with Crippen LogP contribution < -0.4 is 0 Å². The molecule has 0 rings (SSSR count). The van der Waals surface area contributed by atoms with E-state index < -0.39 is 26.0 Å². The summed E-state index contributed by atoms with van der Waals surface area (Å²) in [6.07, 6.45) is -5.07. The SMILES string of the molecule is CC(C)C(F)(P=O)C(F)(F)F. The van der Waals surface area contributed by atoms with Gasteiger partial charge in [0.25, 0.3) is 5.41 Å². The molecule has 0 aliphatic rings. The predicted octanol–water partition coefficient (Wildman–Crippen LogP) is 3.16. The van der Waals surface area contributed by atoms with Crippen LogP contribution >= 0.6 is 8.46 Å². The Morgan fingerprint density at radius 3 is 1.55 bits per heavy atom. The number of halogens is 4. The van der Waals surface area contributed by atoms with Gasteiger partial charge in [-0.3, -0.25) is 4.57 Å². The van der Waals surface area contributed by atoms with Crippen molar-refractivity contribution in [2.24, 2.45) is 5.92 Å². The van der Waals surface area contributed by atoms with Crippen molar-refractivity contribution in [3.63, 3.8) is 0 Å². The minimum absolute atomic E-state index is 1.03. The lowest BCUT2D eigenvalue weighted by molar-refractivity contribution is -0.208. The quantitative estimate of drug-likeness (QED) is 0.482. The zero-order chi connectivity index (χ0) is 9.28. The van der Waals surface area contributed by atoms with Crippen molar-refractivity contribution in [1.29, 1.82) is 0 Å². The largest absolute Gasteiger partial charge is 0.433 e. The first kappa shape index (κ1) is 10.8. The minimum Gasteiger partial charge on any atom is -0.271 e. The fraction of sp³-hybridized carbons (Fsp3) is 1.00. The van der Waals surface area contributed by atoms with Crippen molar-refractivity contribution in [3.8, 4) is 0 Å². The van der Waals surface area contributed by atoms with Crippen LogP contribution in [-0.2, 0) is 4.57 Å². The van der Waals surface area contributed by atoms with Crippen LogP contribution in [0.2, 0.25) is 0 Å². The van der Waals surface area contributed by atoms with Gasteiger partial charge < -0.3 is 0 Å². The van der Waals surface area contributed by atoms with E-state index >= 15 is 0 Å². The van der Waals surface area contributed by atoms with E-state index in [1.807, 2.05) is 0 Å². The molecule has 0 fully saturated rings. The highest BCUT2D eigenvalue weighted by atomic mass is 31.1. The summed E-state index contributed by atoms with van der Waals surface area (Å²) >= 11 is 0. The van der Waals surface area contributed by atoms with Crippen LogP contribution in [0.25, 0.3) is 0 Å². The highest BCUT2D eigenvalue weighted by Crippen LogP contribution is 2.47. The van der Waals surface area contributed by atoms with Gasteiger partial charge in [-0.15, -0.1) is 0 Å². The summed E-state index contributed by atoms with van der Waals surface area (Å²) in [5, 5.41) is -3.60. The molecule has 1 nitrogen and oxygen atoms in total. The van der Waals surface area contributed by atoms with Crippen molar-refractivity contribution in [3.05, 3.63) is 0 Å². The van der Waals surface area contributed by atoms with Gasteiger partial charge in [0, 0.05) is 5.92 Å². The summed E-state index contributed by atoms with van der Waals surface area (Å²) in [5.74, 6) is -1.35. The molecular weight excluding hydrogens is 183 g/mol. The maximum atomic E-state index is 12.7. The molecule has 0 bridgehead atoms. The maximum Gasteiger partial charge on any atom is 0.433 e. The Balaban J connectivity index is 4.75. The molecule has 0 aliphatic carbocycles. The standard InChI is InChI=1S/C5H7F4OP/c1-3(2)4(6,11-10)5(7,8)9/h3H,1-2H3. The third-order valence-corrected chi connectivity index (χ3v) is 2.33. The second-order valence-electron chi connectivity index (χ2n) is 2.42. The monoisotopic (exact) mass is 190 g/mol. The van der Waals surface area contributed by atoms with Gasteiger partial charge in [0.2, 0.25) is 8.46 Å². The van der Waals surface area contributed by atoms with E-state index in [2.05, 4.69) is 0 Å². The molecule has 0 aromatic rings. The molecular formula is C5H7F4OP. The van der Waals surface area contributed by atoms with E-state index in [9.17, 15) is 22.1 Å². The summed E-state index contributed by atoms with van der Waals surface area (Å²) in [7, 11) is -1.53. The van der Waals surface area contributed by atoms with E-state index in [1.54, 1.807) is 0 Å². The van der Waals surface area contributed by atoms with Crippen LogP contribution in [0.4, 0.5) is 17.6 Å². The number of hydrogen-bond donors (Lipinski definition) is 0. The van der Waals surface area contributed by atoms with Crippen LogP contribution in [0, 0.1) is 5.92 Å². The van der Waals surface area contributed by atoms with E-state index in [1.165, 1.54) is 0 Å². The Bertz CT molecular complexity index is 155. The van der Waals surface area contributed by atoms with Crippen molar-refractivity contribution >= 4 is 8.46 Å². The first-order chi connectivity index (χ1) is 4.75. The van der Waals surface area contributed by atoms with Crippen molar-refractivity contribution in [1.82, 2.24) is 0 Å². The maximum absolute atomic E-state index is 12.7. The van der Waals surface area contributed by atoms with Gasteiger partial charge in [-0.2, -0.15) is 13.2 Å². The van der Waals surface area contributed by atoms with Crippen LogP contribution in [0.15, 0.2) is 0 Å². The van der Waals surface area contributed by atoms with Crippen LogP contribution in [0.1, 0.15) is 13.8 Å².